The van der Waals surface area contributed by atoms with Crippen LogP contribution in [0.3, 0.4) is 0 Å². The number of hydrazine groups is 1. The zero-order valence-corrected chi connectivity index (χ0v) is 6.96. The summed E-state index contributed by atoms with van der Waals surface area (Å²) in [5.74, 6) is 5.30. The van der Waals surface area contributed by atoms with Crippen LogP contribution < -0.4 is 11.3 Å². The summed E-state index contributed by atoms with van der Waals surface area (Å²) in [5.41, 5.74) is 5.21. The highest BCUT2D eigenvalue weighted by Gasteiger charge is 2.00. The Kier molecular flexibility index (Phi) is 2.63. The predicted octanol–water partition coefficient (Wildman–Crippen LogP) is 1.52. The van der Waals surface area contributed by atoms with Gasteiger partial charge in [-0.2, -0.15) is 0 Å². The van der Waals surface area contributed by atoms with Crippen LogP contribution in [0.25, 0.3) is 0 Å². The molecule has 0 radical (unpaired) electrons. The van der Waals surface area contributed by atoms with Crippen molar-refractivity contribution in [3.8, 4) is 0 Å². The van der Waals surface area contributed by atoms with Crippen molar-refractivity contribution >= 4 is 0 Å². The van der Waals surface area contributed by atoms with E-state index in [-0.39, 0.29) is 6.04 Å². The number of nitrogens with two attached hydrogens (primary N) is 1. The molecule has 0 fully saturated rings. The van der Waals surface area contributed by atoms with E-state index in [2.05, 4.69) is 30.5 Å². The summed E-state index contributed by atoms with van der Waals surface area (Å²) >= 11 is 0. The first-order valence-corrected chi connectivity index (χ1v) is 3.76. The molecule has 0 aliphatic rings. The molecular formula is C9H14N2. The Morgan fingerprint density at radius 3 is 2.73 bits per heavy atom. The van der Waals surface area contributed by atoms with Gasteiger partial charge in [0.1, 0.15) is 0 Å². The minimum atomic E-state index is 0.231. The van der Waals surface area contributed by atoms with Gasteiger partial charge in [0.2, 0.25) is 0 Å². The van der Waals surface area contributed by atoms with Gasteiger partial charge in [-0.05, 0) is 19.4 Å². The lowest BCUT2D eigenvalue weighted by Crippen LogP contribution is -2.25. The maximum absolute atomic E-state index is 5.30. The van der Waals surface area contributed by atoms with Gasteiger partial charge in [0.25, 0.3) is 0 Å². The maximum Gasteiger partial charge on any atom is 0.0431 e. The third kappa shape index (κ3) is 2.03. The number of nitrogens with one attached hydrogen (secondary N) is 1. The summed E-state index contributed by atoms with van der Waals surface area (Å²) < 4.78 is 0. The Morgan fingerprint density at radius 2 is 2.18 bits per heavy atom. The van der Waals surface area contributed by atoms with E-state index in [1.807, 2.05) is 13.0 Å². The van der Waals surface area contributed by atoms with Gasteiger partial charge in [-0.1, -0.05) is 29.8 Å². The van der Waals surface area contributed by atoms with Gasteiger partial charge in [-0.25, -0.2) is 0 Å². The number of rotatable bonds is 2. The third-order valence-corrected chi connectivity index (χ3v) is 1.79. The molecule has 60 valence electrons. The number of hydrogen-bond acceptors (Lipinski definition) is 2. The van der Waals surface area contributed by atoms with Crippen LogP contribution in [0.2, 0.25) is 0 Å². The highest BCUT2D eigenvalue weighted by Crippen LogP contribution is 2.11. The summed E-state index contributed by atoms with van der Waals surface area (Å²) in [6.45, 7) is 4.11. The van der Waals surface area contributed by atoms with E-state index in [1.165, 1.54) is 11.1 Å². The zero-order valence-electron chi connectivity index (χ0n) is 6.96. The highest BCUT2D eigenvalue weighted by atomic mass is 15.2. The molecule has 2 nitrogen and oxygen atoms in total. The fourth-order valence-corrected chi connectivity index (χ4v) is 1.04. The van der Waals surface area contributed by atoms with Crippen molar-refractivity contribution in [2.45, 2.75) is 19.9 Å². The molecule has 0 aliphatic carbocycles. The van der Waals surface area contributed by atoms with E-state index in [4.69, 9.17) is 5.84 Å². The van der Waals surface area contributed by atoms with Crippen LogP contribution in [0, 0.1) is 6.92 Å². The van der Waals surface area contributed by atoms with Crippen molar-refractivity contribution in [1.29, 1.82) is 0 Å². The van der Waals surface area contributed by atoms with Crippen LogP contribution in [0.15, 0.2) is 24.3 Å². The maximum atomic E-state index is 5.30. The van der Waals surface area contributed by atoms with E-state index in [0.29, 0.717) is 0 Å². The van der Waals surface area contributed by atoms with Gasteiger partial charge < -0.3 is 0 Å². The highest BCUT2D eigenvalue weighted by molar-refractivity contribution is 5.24. The van der Waals surface area contributed by atoms with Crippen molar-refractivity contribution in [3.63, 3.8) is 0 Å². The van der Waals surface area contributed by atoms with E-state index in [1.54, 1.807) is 0 Å². The molecule has 0 aromatic heterocycles. The van der Waals surface area contributed by atoms with Crippen LogP contribution in [-0.2, 0) is 0 Å². The van der Waals surface area contributed by atoms with Gasteiger partial charge in [0.05, 0.1) is 0 Å². The molecule has 0 bridgehead atoms. The van der Waals surface area contributed by atoms with Crippen molar-refractivity contribution < 1.29 is 0 Å². The minimum Gasteiger partial charge on any atom is -0.271 e. The molecule has 0 amide bonds. The number of benzene rings is 1. The zero-order chi connectivity index (χ0) is 8.27. The monoisotopic (exact) mass is 150 g/mol. The van der Waals surface area contributed by atoms with Crippen LogP contribution in [0.4, 0.5) is 0 Å². The van der Waals surface area contributed by atoms with E-state index in [9.17, 15) is 0 Å². The molecule has 0 aliphatic heterocycles. The molecule has 0 spiro atoms. The SMILES string of the molecule is Cc1cccc([C@H](C)NN)c1. The molecule has 3 N–H and O–H groups in total. The second-order valence-corrected chi connectivity index (χ2v) is 2.80. The summed E-state index contributed by atoms with van der Waals surface area (Å²) in [5, 5.41) is 0. The lowest BCUT2D eigenvalue weighted by molar-refractivity contribution is 0.602. The van der Waals surface area contributed by atoms with Crippen LogP contribution in [0.1, 0.15) is 24.1 Å². The van der Waals surface area contributed by atoms with Crippen molar-refractivity contribution in [2.24, 2.45) is 5.84 Å². The van der Waals surface area contributed by atoms with Crippen molar-refractivity contribution in [3.05, 3.63) is 35.4 Å². The summed E-state index contributed by atoms with van der Waals surface area (Å²) in [6.07, 6.45) is 0. The first kappa shape index (κ1) is 8.24. The fourth-order valence-electron chi connectivity index (χ4n) is 1.04. The molecule has 0 unspecified atom stereocenters. The van der Waals surface area contributed by atoms with Crippen LogP contribution in [-0.4, -0.2) is 0 Å². The number of hydrogen-bond donors (Lipinski definition) is 2. The number of aryl methyl sites for hydroxylation is 1. The van der Waals surface area contributed by atoms with Gasteiger partial charge in [0.15, 0.2) is 0 Å². The Morgan fingerprint density at radius 1 is 1.45 bits per heavy atom. The second kappa shape index (κ2) is 3.51. The normalized spacial score (nSPS) is 13.0. The van der Waals surface area contributed by atoms with Gasteiger partial charge in [-0.3, -0.25) is 11.3 Å². The van der Waals surface area contributed by atoms with Crippen molar-refractivity contribution in [2.75, 3.05) is 0 Å². The molecular weight excluding hydrogens is 136 g/mol. The lowest BCUT2D eigenvalue weighted by Gasteiger charge is -2.09. The summed E-state index contributed by atoms with van der Waals surface area (Å²) in [4.78, 5) is 0. The average Bonchev–Trinajstić information content (AvgIpc) is 2.03. The first-order chi connectivity index (χ1) is 5.24. The summed E-state index contributed by atoms with van der Waals surface area (Å²) in [7, 11) is 0. The standard InChI is InChI=1S/C9H14N2/c1-7-4-3-5-9(6-7)8(2)11-10/h3-6,8,11H,10H2,1-2H3/t8-/m0/s1. The molecule has 11 heavy (non-hydrogen) atoms. The Hall–Kier alpha value is -0.860. The Balaban J connectivity index is 2.86. The smallest absolute Gasteiger partial charge is 0.0431 e. The Labute approximate surface area is 67.4 Å². The molecule has 0 saturated carbocycles. The predicted molar refractivity (Wildman–Crippen MR) is 46.9 cm³/mol. The van der Waals surface area contributed by atoms with Gasteiger partial charge in [-0.15, -0.1) is 0 Å². The fraction of sp³-hybridized carbons (Fsp3) is 0.333. The Bertz CT molecular complexity index is 233. The molecule has 2 heteroatoms. The van der Waals surface area contributed by atoms with Crippen molar-refractivity contribution in [1.82, 2.24) is 5.43 Å². The third-order valence-electron chi connectivity index (χ3n) is 1.79. The molecule has 0 heterocycles. The first-order valence-electron chi connectivity index (χ1n) is 3.76. The lowest BCUT2D eigenvalue weighted by atomic mass is 10.1. The molecule has 1 aromatic carbocycles. The quantitative estimate of drug-likeness (QED) is 0.495. The topological polar surface area (TPSA) is 38.0 Å². The largest absolute Gasteiger partial charge is 0.271 e. The van der Waals surface area contributed by atoms with Crippen LogP contribution in [0.5, 0.6) is 0 Å². The van der Waals surface area contributed by atoms with Gasteiger partial charge in [0, 0.05) is 6.04 Å². The molecule has 1 aromatic rings. The second-order valence-electron chi connectivity index (χ2n) is 2.80. The van der Waals surface area contributed by atoms with E-state index in [0.717, 1.165) is 0 Å². The van der Waals surface area contributed by atoms with Crippen LogP contribution >= 0.6 is 0 Å². The molecule has 1 rings (SSSR count). The molecule has 0 saturated heterocycles. The summed E-state index contributed by atoms with van der Waals surface area (Å²) in [6, 6.07) is 8.54. The molecule has 1 atom stereocenters. The minimum absolute atomic E-state index is 0.231. The average molecular weight is 150 g/mol. The van der Waals surface area contributed by atoms with Gasteiger partial charge >= 0.3 is 0 Å². The van der Waals surface area contributed by atoms with E-state index >= 15 is 0 Å². The van der Waals surface area contributed by atoms with E-state index < -0.39 is 0 Å².